The first-order valence-corrected chi connectivity index (χ1v) is 5.52. The molecule has 0 aromatic rings. The minimum Gasteiger partial charge on any atom is -0.341 e. The summed E-state index contributed by atoms with van der Waals surface area (Å²) in [6.07, 6.45) is 6.51. The summed E-state index contributed by atoms with van der Waals surface area (Å²) in [6.45, 7) is 2.50. The van der Waals surface area contributed by atoms with Crippen molar-refractivity contribution in [3.63, 3.8) is 0 Å². The van der Waals surface area contributed by atoms with E-state index >= 15 is 0 Å². The molecule has 2 aliphatic rings. The van der Waals surface area contributed by atoms with Crippen molar-refractivity contribution >= 4 is 6.03 Å². The number of amides is 2. The van der Waals surface area contributed by atoms with E-state index < -0.39 is 0 Å². The number of carbonyl (C=O) groups is 1. The van der Waals surface area contributed by atoms with Gasteiger partial charge >= 0.3 is 6.03 Å². The van der Waals surface area contributed by atoms with Crippen LogP contribution in [-0.2, 0) is 0 Å². The van der Waals surface area contributed by atoms with Gasteiger partial charge in [-0.15, -0.1) is 0 Å². The zero-order chi connectivity index (χ0) is 10.2. The molecule has 1 aliphatic carbocycles. The van der Waals surface area contributed by atoms with E-state index in [2.05, 4.69) is 16.0 Å². The van der Waals surface area contributed by atoms with Crippen LogP contribution in [-0.4, -0.2) is 32.2 Å². The fraction of sp³-hybridized carbons (Fsp3) is 0.900. The fourth-order valence-electron chi connectivity index (χ4n) is 1.29. The highest BCUT2D eigenvalue weighted by Crippen LogP contribution is 2.17. The third-order valence-electron chi connectivity index (χ3n) is 2.35. The Bertz CT molecular complexity index is 153. The highest BCUT2D eigenvalue weighted by Gasteiger charge is 2.22. The minimum atomic E-state index is -0.0625. The lowest BCUT2D eigenvalue weighted by Crippen LogP contribution is -2.34. The Hall–Kier alpha value is -0.770. The van der Waals surface area contributed by atoms with Crippen LogP contribution in [0.3, 0.4) is 0 Å². The third-order valence-corrected chi connectivity index (χ3v) is 2.35. The molecule has 4 heteroatoms. The number of carbonyl (C=O) groups excluding carboxylic acids is 1. The average Bonchev–Trinajstić information content (AvgIpc) is 3.05. The van der Waals surface area contributed by atoms with Crippen LogP contribution in [0.4, 0.5) is 4.79 Å². The summed E-state index contributed by atoms with van der Waals surface area (Å²) in [5, 5.41) is 8.52. The normalized spacial score (nSPS) is 20.4. The molecule has 2 fully saturated rings. The Kier molecular flexibility index (Phi) is 5.37. The van der Waals surface area contributed by atoms with E-state index in [0.29, 0.717) is 6.04 Å². The van der Waals surface area contributed by atoms with Crippen LogP contribution in [0, 0.1) is 0 Å². The van der Waals surface area contributed by atoms with E-state index in [1.165, 1.54) is 32.4 Å². The van der Waals surface area contributed by atoms with Gasteiger partial charge in [-0.25, -0.2) is 4.79 Å². The number of hydrogen-bond donors (Lipinski definition) is 3. The zero-order valence-electron chi connectivity index (χ0n) is 8.94. The Morgan fingerprint density at radius 3 is 2.14 bits per heavy atom. The molecule has 1 heterocycles. The lowest BCUT2D eigenvalue weighted by molar-refractivity contribution is 0.242. The largest absolute Gasteiger partial charge is 0.341 e. The maximum Gasteiger partial charge on any atom is 0.314 e. The first kappa shape index (κ1) is 11.3. The summed E-state index contributed by atoms with van der Waals surface area (Å²) in [6, 6.07) is 0.405. The van der Waals surface area contributed by atoms with Crippen molar-refractivity contribution in [2.75, 3.05) is 20.1 Å². The van der Waals surface area contributed by atoms with Crippen molar-refractivity contribution in [2.45, 2.75) is 38.1 Å². The van der Waals surface area contributed by atoms with Gasteiger partial charge in [-0.3, -0.25) is 0 Å². The SMILES string of the molecule is C1CCNCC1.CNC(=O)NC1CC1. The van der Waals surface area contributed by atoms with Gasteiger partial charge < -0.3 is 16.0 Å². The highest BCUT2D eigenvalue weighted by atomic mass is 16.2. The van der Waals surface area contributed by atoms with Crippen molar-refractivity contribution in [3.05, 3.63) is 0 Å². The maximum atomic E-state index is 10.4. The lowest BCUT2D eigenvalue weighted by atomic mass is 10.2. The quantitative estimate of drug-likeness (QED) is 0.586. The van der Waals surface area contributed by atoms with Gasteiger partial charge in [-0.2, -0.15) is 0 Å². The van der Waals surface area contributed by atoms with Gasteiger partial charge in [0.05, 0.1) is 0 Å². The van der Waals surface area contributed by atoms with Crippen LogP contribution < -0.4 is 16.0 Å². The van der Waals surface area contributed by atoms with Crippen LogP contribution in [0.1, 0.15) is 32.1 Å². The molecule has 1 aliphatic heterocycles. The van der Waals surface area contributed by atoms with E-state index in [9.17, 15) is 4.79 Å². The predicted molar refractivity (Wildman–Crippen MR) is 57.3 cm³/mol. The molecule has 0 atom stereocenters. The van der Waals surface area contributed by atoms with Gasteiger partial charge in [0.25, 0.3) is 0 Å². The van der Waals surface area contributed by atoms with E-state index in [1.54, 1.807) is 7.05 Å². The summed E-state index contributed by atoms with van der Waals surface area (Å²) in [7, 11) is 1.62. The summed E-state index contributed by atoms with van der Waals surface area (Å²) in [4.78, 5) is 10.4. The van der Waals surface area contributed by atoms with Crippen molar-refractivity contribution < 1.29 is 4.79 Å². The molecule has 0 radical (unpaired) electrons. The molecule has 1 saturated heterocycles. The molecule has 0 aromatic heterocycles. The molecule has 0 unspecified atom stereocenters. The number of piperidine rings is 1. The molecule has 3 N–H and O–H groups in total. The number of nitrogens with one attached hydrogen (secondary N) is 3. The van der Waals surface area contributed by atoms with Gasteiger partial charge in [-0.1, -0.05) is 6.42 Å². The highest BCUT2D eigenvalue weighted by molar-refractivity contribution is 5.74. The standard InChI is InChI=1S/C5H10N2O.C5H11N/c1-6-5(8)7-4-2-3-4;1-2-4-6-5-3-1/h4H,2-3H2,1H3,(H2,6,7,8);6H,1-5H2. The van der Waals surface area contributed by atoms with E-state index in [0.717, 1.165) is 12.8 Å². The minimum absolute atomic E-state index is 0.0625. The van der Waals surface area contributed by atoms with Gasteiger partial charge in [-0.05, 0) is 38.8 Å². The van der Waals surface area contributed by atoms with E-state index in [1.807, 2.05) is 0 Å². The predicted octanol–water partition coefficient (Wildman–Crippen LogP) is 0.838. The zero-order valence-corrected chi connectivity index (χ0v) is 8.94. The van der Waals surface area contributed by atoms with Crippen LogP contribution in [0.2, 0.25) is 0 Å². The first-order valence-electron chi connectivity index (χ1n) is 5.52. The maximum absolute atomic E-state index is 10.4. The van der Waals surface area contributed by atoms with E-state index in [-0.39, 0.29) is 6.03 Å². The summed E-state index contributed by atoms with van der Waals surface area (Å²) >= 11 is 0. The number of urea groups is 1. The summed E-state index contributed by atoms with van der Waals surface area (Å²) in [5.41, 5.74) is 0. The molecule has 2 amide bonds. The smallest absolute Gasteiger partial charge is 0.314 e. The monoisotopic (exact) mass is 199 g/mol. The Morgan fingerprint density at radius 2 is 1.86 bits per heavy atom. The van der Waals surface area contributed by atoms with Crippen molar-refractivity contribution in [2.24, 2.45) is 0 Å². The second kappa shape index (κ2) is 6.65. The van der Waals surface area contributed by atoms with Gasteiger partial charge in [0, 0.05) is 13.1 Å². The Balaban J connectivity index is 0.000000146. The Morgan fingerprint density at radius 1 is 1.21 bits per heavy atom. The lowest BCUT2D eigenvalue weighted by Gasteiger charge is -2.08. The molecule has 0 bridgehead atoms. The first-order chi connectivity index (χ1) is 6.83. The molecule has 82 valence electrons. The van der Waals surface area contributed by atoms with Crippen molar-refractivity contribution in [1.29, 1.82) is 0 Å². The average molecular weight is 199 g/mol. The van der Waals surface area contributed by atoms with Crippen molar-refractivity contribution in [1.82, 2.24) is 16.0 Å². The second-order valence-electron chi connectivity index (χ2n) is 3.81. The Labute approximate surface area is 85.8 Å². The number of rotatable bonds is 1. The molecule has 0 spiro atoms. The van der Waals surface area contributed by atoms with Crippen molar-refractivity contribution in [3.8, 4) is 0 Å². The topological polar surface area (TPSA) is 53.2 Å². The second-order valence-corrected chi connectivity index (χ2v) is 3.81. The van der Waals surface area contributed by atoms with Crippen LogP contribution in [0.5, 0.6) is 0 Å². The molecular formula is C10H21N3O. The molecule has 2 rings (SSSR count). The molecule has 1 saturated carbocycles. The van der Waals surface area contributed by atoms with E-state index in [4.69, 9.17) is 0 Å². The summed E-state index contributed by atoms with van der Waals surface area (Å²) in [5.74, 6) is 0. The van der Waals surface area contributed by atoms with Crippen LogP contribution in [0.25, 0.3) is 0 Å². The third kappa shape index (κ3) is 5.80. The molecular weight excluding hydrogens is 178 g/mol. The number of hydrogen-bond acceptors (Lipinski definition) is 2. The fourth-order valence-corrected chi connectivity index (χ4v) is 1.29. The van der Waals surface area contributed by atoms with Crippen LogP contribution >= 0.6 is 0 Å². The summed E-state index contributed by atoms with van der Waals surface area (Å²) < 4.78 is 0. The van der Waals surface area contributed by atoms with Gasteiger partial charge in [0.15, 0.2) is 0 Å². The molecule has 14 heavy (non-hydrogen) atoms. The van der Waals surface area contributed by atoms with Crippen LogP contribution in [0.15, 0.2) is 0 Å². The molecule has 4 nitrogen and oxygen atoms in total. The van der Waals surface area contributed by atoms with Gasteiger partial charge in [0.1, 0.15) is 0 Å². The molecule has 0 aromatic carbocycles. The van der Waals surface area contributed by atoms with Gasteiger partial charge in [0.2, 0.25) is 0 Å².